The van der Waals surface area contributed by atoms with Gasteiger partial charge in [-0.1, -0.05) is 0 Å². The second-order valence-corrected chi connectivity index (χ2v) is 3.48. The van der Waals surface area contributed by atoms with Crippen LogP contribution in [0.15, 0.2) is 12.4 Å². The molecule has 0 saturated carbocycles. The van der Waals surface area contributed by atoms with Gasteiger partial charge in [0.1, 0.15) is 18.0 Å². The maximum atomic E-state index is 11.4. The fraction of sp³-hybridized carbons (Fsp3) is 0.545. The Hall–Kier alpha value is -1.85. The number of carbonyl (C=O) groups excluding carboxylic acids is 1. The molecule has 0 aliphatic carbocycles. The van der Waals surface area contributed by atoms with Crippen LogP contribution < -0.4 is 15.5 Å². The summed E-state index contributed by atoms with van der Waals surface area (Å²) in [6.07, 6.45) is 1.50. The molecule has 6 nitrogen and oxygen atoms in total. The van der Waals surface area contributed by atoms with Crippen molar-refractivity contribution in [2.75, 3.05) is 36.9 Å². The van der Waals surface area contributed by atoms with Crippen LogP contribution in [-0.4, -0.2) is 42.6 Å². The first-order valence-corrected chi connectivity index (χ1v) is 5.72. The van der Waals surface area contributed by atoms with E-state index in [1.54, 1.807) is 7.05 Å². The van der Waals surface area contributed by atoms with Gasteiger partial charge in [0.2, 0.25) is 5.91 Å². The van der Waals surface area contributed by atoms with Crippen LogP contribution in [0.4, 0.5) is 11.6 Å². The van der Waals surface area contributed by atoms with E-state index < -0.39 is 0 Å². The van der Waals surface area contributed by atoms with Gasteiger partial charge in [0, 0.05) is 26.2 Å². The summed E-state index contributed by atoms with van der Waals surface area (Å²) in [6, 6.07) is 1.84. The van der Waals surface area contributed by atoms with Crippen LogP contribution in [0.1, 0.15) is 13.8 Å². The minimum atomic E-state index is -0.0320. The van der Waals surface area contributed by atoms with Crippen LogP contribution in [0.2, 0.25) is 0 Å². The van der Waals surface area contributed by atoms with Crippen molar-refractivity contribution in [1.29, 1.82) is 0 Å². The van der Waals surface area contributed by atoms with Crippen LogP contribution in [0.5, 0.6) is 0 Å². The van der Waals surface area contributed by atoms with Gasteiger partial charge in [0.15, 0.2) is 0 Å². The van der Waals surface area contributed by atoms with E-state index in [1.807, 2.05) is 24.8 Å². The predicted octanol–water partition coefficient (Wildman–Crippen LogP) is 0.481. The Morgan fingerprint density at radius 1 is 1.41 bits per heavy atom. The molecule has 17 heavy (non-hydrogen) atoms. The number of nitrogens with zero attached hydrogens (tertiary/aromatic N) is 3. The SMILES string of the molecule is CCNc1cc(N(CC)CC(=O)NC)ncn1. The van der Waals surface area contributed by atoms with Crippen molar-refractivity contribution in [3.63, 3.8) is 0 Å². The molecule has 0 bridgehead atoms. The number of aromatic nitrogens is 2. The van der Waals surface area contributed by atoms with Gasteiger partial charge in [0.05, 0.1) is 6.54 Å². The van der Waals surface area contributed by atoms with E-state index >= 15 is 0 Å². The Kier molecular flexibility index (Phi) is 5.19. The summed E-state index contributed by atoms with van der Waals surface area (Å²) in [4.78, 5) is 21.5. The highest BCUT2D eigenvalue weighted by molar-refractivity contribution is 5.80. The molecule has 0 unspecified atom stereocenters. The topological polar surface area (TPSA) is 70.2 Å². The molecule has 1 heterocycles. The van der Waals surface area contributed by atoms with Crippen LogP contribution in [-0.2, 0) is 4.79 Å². The molecule has 0 aliphatic heterocycles. The maximum absolute atomic E-state index is 11.4. The summed E-state index contributed by atoms with van der Waals surface area (Å²) in [5.74, 6) is 1.49. The third kappa shape index (κ3) is 3.90. The summed E-state index contributed by atoms with van der Waals surface area (Å²) < 4.78 is 0. The smallest absolute Gasteiger partial charge is 0.239 e. The number of anilines is 2. The van der Waals surface area contributed by atoms with Gasteiger partial charge in [-0.15, -0.1) is 0 Å². The Labute approximate surface area is 101 Å². The first kappa shape index (κ1) is 13.2. The number of likely N-dealkylation sites (N-methyl/N-ethyl adjacent to an activating group) is 2. The Morgan fingerprint density at radius 3 is 2.76 bits per heavy atom. The van der Waals surface area contributed by atoms with Crippen molar-refractivity contribution in [3.8, 4) is 0 Å². The number of carbonyl (C=O) groups is 1. The molecule has 0 atom stereocenters. The first-order chi connectivity index (χ1) is 8.21. The highest BCUT2D eigenvalue weighted by atomic mass is 16.1. The standard InChI is InChI=1S/C11H19N5O/c1-4-13-9-6-10(15-8-14-9)16(5-2)7-11(17)12-3/h6,8H,4-5,7H2,1-3H3,(H,12,17)(H,13,14,15). The van der Waals surface area contributed by atoms with Gasteiger partial charge in [-0.05, 0) is 13.8 Å². The number of hydrogen-bond acceptors (Lipinski definition) is 5. The minimum Gasteiger partial charge on any atom is -0.370 e. The van der Waals surface area contributed by atoms with Gasteiger partial charge >= 0.3 is 0 Å². The maximum Gasteiger partial charge on any atom is 0.239 e. The van der Waals surface area contributed by atoms with Gasteiger partial charge < -0.3 is 15.5 Å². The fourth-order valence-electron chi connectivity index (χ4n) is 1.40. The van der Waals surface area contributed by atoms with Crippen LogP contribution in [0.25, 0.3) is 0 Å². The van der Waals surface area contributed by atoms with Gasteiger partial charge in [-0.3, -0.25) is 4.79 Å². The molecule has 0 fully saturated rings. The molecule has 1 rings (SSSR count). The molecule has 0 aromatic carbocycles. The zero-order valence-electron chi connectivity index (χ0n) is 10.5. The molecule has 1 amide bonds. The van der Waals surface area contributed by atoms with Crippen LogP contribution >= 0.6 is 0 Å². The number of nitrogens with one attached hydrogen (secondary N) is 2. The van der Waals surface area contributed by atoms with Crippen LogP contribution in [0.3, 0.4) is 0 Å². The molecule has 94 valence electrons. The summed E-state index contributed by atoms with van der Waals surface area (Å²) in [6.45, 7) is 5.81. The highest BCUT2D eigenvalue weighted by Crippen LogP contribution is 2.13. The van der Waals surface area contributed by atoms with E-state index in [0.29, 0.717) is 6.54 Å². The third-order valence-electron chi connectivity index (χ3n) is 2.33. The normalized spacial score (nSPS) is 9.82. The monoisotopic (exact) mass is 237 g/mol. The Morgan fingerprint density at radius 2 is 2.18 bits per heavy atom. The average molecular weight is 237 g/mol. The number of hydrogen-bond donors (Lipinski definition) is 2. The molecule has 1 aromatic rings. The van der Waals surface area contributed by atoms with Crippen molar-refractivity contribution in [3.05, 3.63) is 12.4 Å². The lowest BCUT2D eigenvalue weighted by Gasteiger charge is -2.21. The van der Waals surface area contributed by atoms with E-state index in [1.165, 1.54) is 6.33 Å². The molecule has 1 aromatic heterocycles. The lowest BCUT2D eigenvalue weighted by atomic mass is 10.4. The van der Waals surface area contributed by atoms with Crippen molar-refractivity contribution in [1.82, 2.24) is 15.3 Å². The molecule has 0 spiro atoms. The highest BCUT2D eigenvalue weighted by Gasteiger charge is 2.10. The van der Waals surface area contributed by atoms with Crippen molar-refractivity contribution in [2.24, 2.45) is 0 Å². The lowest BCUT2D eigenvalue weighted by Crippen LogP contribution is -2.36. The van der Waals surface area contributed by atoms with E-state index in [-0.39, 0.29) is 5.91 Å². The zero-order valence-corrected chi connectivity index (χ0v) is 10.5. The first-order valence-electron chi connectivity index (χ1n) is 5.72. The zero-order chi connectivity index (χ0) is 12.7. The van der Waals surface area contributed by atoms with Crippen LogP contribution in [0, 0.1) is 0 Å². The van der Waals surface area contributed by atoms with Gasteiger partial charge in [0.25, 0.3) is 0 Å². The third-order valence-corrected chi connectivity index (χ3v) is 2.33. The van der Waals surface area contributed by atoms with E-state index in [9.17, 15) is 4.79 Å². The molecule has 0 saturated heterocycles. The molecular weight excluding hydrogens is 218 g/mol. The molecule has 0 aliphatic rings. The summed E-state index contributed by atoms with van der Waals surface area (Å²) in [5.41, 5.74) is 0. The van der Waals surface area contributed by atoms with Crippen molar-refractivity contribution < 1.29 is 4.79 Å². The predicted molar refractivity (Wildman–Crippen MR) is 68.1 cm³/mol. The summed E-state index contributed by atoms with van der Waals surface area (Å²) in [7, 11) is 1.63. The molecule has 2 N–H and O–H groups in total. The fourth-order valence-corrected chi connectivity index (χ4v) is 1.40. The number of rotatable bonds is 6. The van der Waals surface area contributed by atoms with Crippen molar-refractivity contribution in [2.45, 2.75) is 13.8 Å². The number of amides is 1. The summed E-state index contributed by atoms with van der Waals surface area (Å²) >= 11 is 0. The second kappa shape index (κ2) is 6.67. The summed E-state index contributed by atoms with van der Waals surface area (Å²) in [5, 5.41) is 5.72. The molecular formula is C11H19N5O. The van der Waals surface area contributed by atoms with Crippen molar-refractivity contribution >= 4 is 17.5 Å². The lowest BCUT2D eigenvalue weighted by molar-refractivity contribution is -0.119. The largest absolute Gasteiger partial charge is 0.370 e. The average Bonchev–Trinajstić information content (AvgIpc) is 2.36. The quantitative estimate of drug-likeness (QED) is 0.753. The Balaban J connectivity index is 2.80. The Bertz CT molecular complexity index is 369. The minimum absolute atomic E-state index is 0.0320. The molecule has 6 heteroatoms. The molecule has 0 radical (unpaired) electrons. The van der Waals surface area contributed by atoms with E-state index in [0.717, 1.165) is 24.7 Å². The van der Waals surface area contributed by atoms with Gasteiger partial charge in [-0.2, -0.15) is 0 Å². The van der Waals surface area contributed by atoms with E-state index in [4.69, 9.17) is 0 Å². The second-order valence-electron chi connectivity index (χ2n) is 3.48. The van der Waals surface area contributed by atoms with Gasteiger partial charge in [-0.25, -0.2) is 9.97 Å². The van der Waals surface area contributed by atoms with E-state index in [2.05, 4.69) is 20.6 Å².